The lowest BCUT2D eigenvalue weighted by molar-refractivity contribution is -0.148. The molecule has 0 amide bonds. The van der Waals surface area contributed by atoms with Gasteiger partial charge in [-0.3, -0.25) is 0 Å². The van der Waals surface area contributed by atoms with E-state index in [1.165, 1.54) is 116 Å². The highest BCUT2D eigenvalue weighted by molar-refractivity contribution is 4.80. The Morgan fingerprint density at radius 3 is 1.50 bits per heavy atom. The molecule has 192 valence electrons. The van der Waals surface area contributed by atoms with Gasteiger partial charge >= 0.3 is 0 Å². The van der Waals surface area contributed by atoms with E-state index in [4.69, 9.17) is 14.6 Å². The number of hydrogen-bond acceptors (Lipinski definition) is 3. The molecule has 0 saturated carbocycles. The summed E-state index contributed by atoms with van der Waals surface area (Å²) in [5.74, 6) is 0. The van der Waals surface area contributed by atoms with Gasteiger partial charge in [0.1, 0.15) is 0 Å². The quantitative estimate of drug-likeness (QED) is 0.0763. The molecule has 0 atom stereocenters. The van der Waals surface area contributed by atoms with Crippen molar-refractivity contribution in [3.05, 3.63) is 12.2 Å². The zero-order valence-corrected chi connectivity index (χ0v) is 22.0. The van der Waals surface area contributed by atoms with Crippen molar-refractivity contribution in [2.24, 2.45) is 0 Å². The molecule has 0 aromatic rings. The van der Waals surface area contributed by atoms with Crippen LogP contribution in [0.5, 0.6) is 0 Å². The lowest BCUT2D eigenvalue weighted by Crippen LogP contribution is -2.19. The largest absolute Gasteiger partial charge is 0.396 e. The van der Waals surface area contributed by atoms with Crippen LogP contribution in [-0.2, 0) is 9.47 Å². The van der Waals surface area contributed by atoms with Gasteiger partial charge < -0.3 is 14.6 Å². The van der Waals surface area contributed by atoms with E-state index in [9.17, 15) is 0 Å². The van der Waals surface area contributed by atoms with Gasteiger partial charge in [-0.1, -0.05) is 116 Å². The summed E-state index contributed by atoms with van der Waals surface area (Å²) in [6.45, 7) is 6.51. The molecule has 0 unspecified atom stereocenters. The summed E-state index contributed by atoms with van der Waals surface area (Å²) < 4.78 is 12.3. The van der Waals surface area contributed by atoms with Gasteiger partial charge in [0, 0.05) is 19.8 Å². The zero-order valence-electron chi connectivity index (χ0n) is 22.0. The second kappa shape index (κ2) is 28.7. The van der Waals surface area contributed by atoms with Gasteiger partial charge in [-0.25, -0.2) is 0 Å². The van der Waals surface area contributed by atoms with Crippen LogP contribution >= 0.6 is 0 Å². The minimum absolute atomic E-state index is 0.000340. The molecule has 32 heavy (non-hydrogen) atoms. The van der Waals surface area contributed by atoms with Gasteiger partial charge in [0.25, 0.3) is 0 Å². The van der Waals surface area contributed by atoms with Crippen LogP contribution in [0.2, 0.25) is 0 Å². The van der Waals surface area contributed by atoms with Crippen LogP contribution in [0, 0.1) is 0 Å². The highest BCUT2D eigenvalue weighted by Crippen LogP contribution is 2.14. The van der Waals surface area contributed by atoms with E-state index in [0.717, 1.165) is 32.5 Å². The average Bonchev–Trinajstić information content (AvgIpc) is 2.80. The maximum absolute atomic E-state index is 8.79. The molecule has 0 aliphatic rings. The Bertz CT molecular complexity index is 336. The Morgan fingerprint density at radius 1 is 0.531 bits per heavy atom. The van der Waals surface area contributed by atoms with E-state index in [0.29, 0.717) is 0 Å². The second-order valence-corrected chi connectivity index (χ2v) is 9.39. The minimum atomic E-state index is -0.000340. The van der Waals surface area contributed by atoms with Crippen molar-refractivity contribution in [2.45, 2.75) is 155 Å². The van der Waals surface area contributed by atoms with Crippen LogP contribution in [0.25, 0.3) is 0 Å². The average molecular weight is 455 g/mol. The van der Waals surface area contributed by atoms with Crippen molar-refractivity contribution >= 4 is 0 Å². The van der Waals surface area contributed by atoms with E-state index in [2.05, 4.69) is 26.0 Å². The smallest absolute Gasteiger partial charge is 0.157 e. The molecule has 0 aromatic heterocycles. The summed E-state index contributed by atoms with van der Waals surface area (Å²) in [4.78, 5) is 0. The highest BCUT2D eigenvalue weighted by Gasteiger charge is 2.09. The number of ether oxygens (including phenoxy) is 2. The Hall–Kier alpha value is -0.380. The van der Waals surface area contributed by atoms with Crippen LogP contribution < -0.4 is 0 Å². The number of allylic oxidation sites excluding steroid dienone is 1. The molecule has 3 nitrogen and oxygen atoms in total. The van der Waals surface area contributed by atoms with Gasteiger partial charge in [0.15, 0.2) is 6.29 Å². The summed E-state index contributed by atoms with van der Waals surface area (Å²) in [7, 11) is 0. The van der Waals surface area contributed by atoms with Gasteiger partial charge in [-0.15, -0.1) is 0 Å². The monoisotopic (exact) mass is 454 g/mol. The third kappa shape index (κ3) is 25.9. The first-order chi connectivity index (χ1) is 15.8. The molecule has 0 spiro atoms. The van der Waals surface area contributed by atoms with Crippen LogP contribution in [0.4, 0.5) is 0 Å². The number of hydrogen-bond donors (Lipinski definition) is 1. The first-order valence-electron chi connectivity index (χ1n) is 14.3. The van der Waals surface area contributed by atoms with Crippen molar-refractivity contribution in [1.29, 1.82) is 0 Å². The topological polar surface area (TPSA) is 38.7 Å². The molecule has 0 rings (SSSR count). The molecular formula is C29H58O3. The molecule has 0 radical (unpaired) electrons. The standard InChI is InChI=1S/C29H58O3/c1-3-5-7-9-15-19-23-27-31-29(32-28-24-20-16-10-8-6-4-2)25-21-17-13-11-12-14-18-22-26-30/h14,18,29-30H,3-13,15-17,19-28H2,1-2H3/b18-14+. The molecule has 3 heteroatoms. The molecule has 0 aliphatic heterocycles. The lowest BCUT2D eigenvalue weighted by atomic mass is 10.1. The first-order valence-corrected chi connectivity index (χ1v) is 14.3. The van der Waals surface area contributed by atoms with E-state index >= 15 is 0 Å². The second-order valence-electron chi connectivity index (χ2n) is 9.39. The maximum Gasteiger partial charge on any atom is 0.157 e. The van der Waals surface area contributed by atoms with Gasteiger partial charge in [0.05, 0.1) is 0 Å². The Labute approximate surface area is 201 Å². The van der Waals surface area contributed by atoms with Crippen LogP contribution in [0.1, 0.15) is 149 Å². The van der Waals surface area contributed by atoms with Crippen LogP contribution in [0.15, 0.2) is 12.2 Å². The molecule has 0 heterocycles. The number of aliphatic hydroxyl groups is 1. The fourth-order valence-electron chi connectivity index (χ4n) is 4.00. The summed E-state index contributed by atoms with van der Waals surface area (Å²) in [6.07, 6.45) is 30.7. The lowest BCUT2D eigenvalue weighted by Gasteiger charge is -2.19. The summed E-state index contributed by atoms with van der Waals surface area (Å²) >= 11 is 0. The van der Waals surface area contributed by atoms with E-state index in [1.807, 2.05) is 0 Å². The van der Waals surface area contributed by atoms with E-state index < -0.39 is 0 Å². The normalized spacial score (nSPS) is 11.9. The number of aliphatic hydroxyl groups excluding tert-OH is 1. The predicted molar refractivity (Wildman–Crippen MR) is 140 cm³/mol. The van der Waals surface area contributed by atoms with Gasteiger partial charge in [-0.05, 0) is 44.9 Å². The highest BCUT2D eigenvalue weighted by atomic mass is 16.7. The van der Waals surface area contributed by atoms with Crippen molar-refractivity contribution in [3.63, 3.8) is 0 Å². The SMILES string of the molecule is CCCCCCCCCOC(CCCCCC/C=C/CCO)OCCCCCCCCC. The van der Waals surface area contributed by atoms with E-state index in [1.54, 1.807) is 0 Å². The molecular weight excluding hydrogens is 396 g/mol. The number of unbranched alkanes of at least 4 members (excludes halogenated alkanes) is 16. The van der Waals surface area contributed by atoms with Crippen molar-refractivity contribution in [1.82, 2.24) is 0 Å². The van der Waals surface area contributed by atoms with Gasteiger partial charge in [-0.2, -0.15) is 0 Å². The van der Waals surface area contributed by atoms with Crippen molar-refractivity contribution in [3.8, 4) is 0 Å². The fourth-order valence-corrected chi connectivity index (χ4v) is 4.00. The summed E-state index contributed by atoms with van der Waals surface area (Å²) in [6, 6.07) is 0. The zero-order chi connectivity index (χ0) is 23.4. The van der Waals surface area contributed by atoms with E-state index in [-0.39, 0.29) is 12.9 Å². The van der Waals surface area contributed by atoms with Crippen molar-refractivity contribution in [2.75, 3.05) is 19.8 Å². The molecule has 0 bridgehead atoms. The molecule has 0 aliphatic carbocycles. The molecule has 1 N–H and O–H groups in total. The Kier molecular flexibility index (Phi) is 28.3. The predicted octanol–water partition coefficient (Wildman–Crippen LogP) is 9.13. The third-order valence-corrected chi connectivity index (χ3v) is 6.13. The molecule has 0 saturated heterocycles. The number of rotatable bonds is 27. The Morgan fingerprint density at radius 2 is 0.969 bits per heavy atom. The Balaban J connectivity index is 3.87. The molecule has 0 aromatic carbocycles. The van der Waals surface area contributed by atoms with Crippen molar-refractivity contribution < 1.29 is 14.6 Å². The minimum Gasteiger partial charge on any atom is -0.396 e. The third-order valence-electron chi connectivity index (χ3n) is 6.13. The first kappa shape index (κ1) is 31.6. The summed E-state index contributed by atoms with van der Waals surface area (Å²) in [5, 5.41) is 8.79. The molecule has 0 fully saturated rings. The van der Waals surface area contributed by atoms with Crippen LogP contribution in [-0.4, -0.2) is 31.2 Å². The maximum atomic E-state index is 8.79. The van der Waals surface area contributed by atoms with Crippen LogP contribution in [0.3, 0.4) is 0 Å². The van der Waals surface area contributed by atoms with Gasteiger partial charge in [0.2, 0.25) is 0 Å². The summed E-state index contributed by atoms with van der Waals surface area (Å²) in [5.41, 5.74) is 0. The fraction of sp³-hybridized carbons (Fsp3) is 0.931.